The van der Waals surface area contributed by atoms with Crippen LogP contribution in [-0.4, -0.2) is 0 Å². The van der Waals surface area contributed by atoms with Crippen LogP contribution in [0.1, 0.15) is 18.9 Å². The van der Waals surface area contributed by atoms with Gasteiger partial charge in [-0.2, -0.15) is 5.26 Å². The lowest BCUT2D eigenvalue weighted by Crippen LogP contribution is -1.67. The van der Waals surface area contributed by atoms with E-state index >= 15 is 0 Å². The van der Waals surface area contributed by atoms with Gasteiger partial charge in [-0.1, -0.05) is 55.5 Å². The van der Waals surface area contributed by atoms with Crippen LogP contribution in [0.25, 0.3) is 6.08 Å². The third-order valence-electron chi connectivity index (χ3n) is 2.26. The Hall–Kier alpha value is -1.81. The number of nitriles is 1. The molecule has 1 atom stereocenters. The van der Waals surface area contributed by atoms with Crippen molar-refractivity contribution in [2.24, 2.45) is 5.92 Å². The van der Waals surface area contributed by atoms with Crippen LogP contribution in [0.4, 0.5) is 0 Å². The van der Waals surface area contributed by atoms with Crippen molar-refractivity contribution in [1.29, 1.82) is 5.26 Å². The summed E-state index contributed by atoms with van der Waals surface area (Å²) in [6.07, 6.45) is 4.78. The molecule has 0 heterocycles. The van der Waals surface area contributed by atoms with Gasteiger partial charge in [0.1, 0.15) is 0 Å². The minimum absolute atomic E-state index is 0.843. The monoisotopic (exact) mass is 197 g/mol. The fourth-order valence-corrected chi connectivity index (χ4v) is 1.26. The molecule has 0 aliphatic heterocycles. The highest BCUT2D eigenvalue weighted by Crippen LogP contribution is 2.38. The standard InChI is InChI=1S/C11H12.C3H3N/c1-9-7-11(9)8-10-5-3-2-4-6-10;1-2-3-4/h2-6,8-9H,7H2,1H3;2H,1H2. The van der Waals surface area contributed by atoms with Crippen molar-refractivity contribution in [2.45, 2.75) is 13.3 Å². The van der Waals surface area contributed by atoms with Crippen LogP contribution < -0.4 is 0 Å². The van der Waals surface area contributed by atoms with Gasteiger partial charge in [0.05, 0.1) is 6.07 Å². The lowest BCUT2D eigenvalue weighted by atomic mass is 10.2. The highest BCUT2D eigenvalue weighted by Gasteiger charge is 2.23. The summed E-state index contributed by atoms with van der Waals surface area (Å²) in [5.74, 6) is 0.843. The molecule has 1 aromatic carbocycles. The van der Waals surface area contributed by atoms with E-state index in [1.165, 1.54) is 18.1 Å². The fraction of sp³-hybridized carbons (Fsp3) is 0.214. The summed E-state index contributed by atoms with van der Waals surface area (Å²) in [5.41, 5.74) is 2.93. The van der Waals surface area contributed by atoms with Crippen LogP contribution in [0.3, 0.4) is 0 Å². The van der Waals surface area contributed by atoms with Crippen molar-refractivity contribution < 1.29 is 0 Å². The summed E-state index contributed by atoms with van der Waals surface area (Å²) >= 11 is 0. The van der Waals surface area contributed by atoms with E-state index in [1.807, 2.05) is 0 Å². The highest BCUT2D eigenvalue weighted by molar-refractivity contribution is 5.57. The second kappa shape index (κ2) is 5.82. The van der Waals surface area contributed by atoms with Crippen molar-refractivity contribution in [1.82, 2.24) is 0 Å². The van der Waals surface area contributed by atoms with Gasteiger partial charge in [-0.15, -0.1) is 0 Å². The van der Waals surface area contributed by atoms with Crippen molar-refractivity contribution >= 4 is 6.08 Å². The molecule has 0 spiro atoms. The van der Waals surface area contributed by atoms with E-state index in [2.05, 4.69) is 49.9 Å². The zero-order chi connectivity index (χ0) is 11.1. The van der Waals surface area contributed by atoms with Gasteiger partial charge in [-0.05, 0) is 17.9 Å². The maximum atomic E-state index is 7.51. The Bertz CT molecular complexity index is 382. The molecule has 15 heavy (non-hydrogen) atoms. The van der Waals surface area contributed by atoms with Crippen LogP contribution in [0.5, 0.6) is 0 Å². The SMILES string of the molecule is C=CC#N.CC1CC1=Cc1ccccc1. The topological polar surface area (TPSA) is 23.8 Å². The molecule has 1 fully saturated rings. The number of hydrogen-bond donors (Lipinski definition) is 0. The van der Waals surface area contributed by atoms with Crippen LogP contribution >= 0.6 is 0 Å². The molecule has 1 saturated carbocycles. The summed E-state index contributed by atoms with van der Waals surface area (Å²) in [4.78, 5) is 0. The molecule has 1 aromatic rings. The average molecular weight is 197 g/mol. The molecule has 0 bridgehead atoms. The third kappa shape index (κ3) is 4.28. The van der Waals surface area contributed by atoms with Crippen molar-refractivity contribution in [2.75, 3.05) is 0 Å². The van der Waals surface area contributed by atoms with E-state index in [0.29, 0.717) is 0 Å². The number of hydrogen-bond acceptors (Lipinski definition) is 1. The van der Waals surface area contributed by atoms with Crippen molar-refractivity contribution in [3.63, 3.8) is 0 Å². The Balaban J connectivity index is 0.000000245. The minimum atomic E-state index is 0.843. The Labute approximate surface area is 91.4 Å². The minimum Gasteiger partial charge on any atom is -0.193 e. The molecule has 76 valence electrons. The average Bonchev–Trinajstić information content (AvgIpc) is 2.96. The summed E-state index contributed by atoms with van der Waals surface area (Å²) in [6.45, 7) is 5.39. The number of nitrogens with zero attached hydrogens (tertiary/aromatic N) is 1. The Morgan fingerprint density at radius 1 is 1.40 bits per heavy atom. The van der Waals surface area contributed by atoms with E-state index in [-0.39, 0.29) is 0 Å². The molecular weight excluding hydrogens is 182 g/mol. The van der Waals surface area contributed by atoms with Crippen molar-refractivity contribution in [3.05, 3.63) is 54.1 Å². The molecular formula is C14H15N. The first kappa shape index (κ1) is 11.3. The summed E-state index contributed by atoms with van der Waals surface area (Å²) in [5, 5.41) is 7.51. The Kier molecular flexibility index (Phi) is 4.37. The van der Waals surface area contributed by atoms with E-state index in [9.17, 15) is 0 Å². The van der Waals surface area contributed by atoms with E-state index < -0.39 is 0 Å². The number of benzene rings is 1. The first-order chi connectivity index (χ1) is 7.27. The van der Waals surface area contributed by atoms with Gasteiger partial charge < -0.3 is 0 Å². The Morgan fingerprint density at radius 3 is 2.33 bits per heavy atom. The largest absolute Gasteiger partial charge is 0.193 e. The zero-order valence-corrected chi connectivity index (χ0v) is 8.98. The zero-order valence-electron chi connectivity index (χ0n) is 8.98. The molecule has 0 aromatic heterocycles. The van der Waals surface area contributed by atoms with Gasteiger partial charge in [-0.3, -0.25) is 0 Å². The van der Waals surface area contributed by atoms with E-state index in [1.54, 1.807) is 11.6 Å². The van der Waals surface area contributed by atoms with Gasteiger partial charge in [-0.25, -0.2) is 0 Å². The van der Waals surface area contributed by atoms with Gasteiger partial charge in [0, 0.05) is 6.08 Å². The molecule has 0 radical (unpaired) electrons. The fourth-order valence-electron chi connectivity index (χ4n) is 1.26. The van der Waals surface area contributed by atoms with Gasteiger partial charge in [0.25, 0.3) is 0 Å². The van der Waals surface area contributed by atoms with E-state index in [0.717, 1.165) is 5.92 Å². The molecule has 1 nitrogen and oxygen atoms in total. The molecule has 1 heteroatoms. The van der Waals surface area contributed by atoms with Crippen LogP contribution in [0.2, 0.25) is 0 Å². The summed E-state index contributed by atoms with van der Waals surface area (Å²) in [7, 11) is 0. The summed E-state index contributed by atoms with van der Waals surface area (Å²) < 4.78 is 0. The third-order valence-corrected chi connectivity index (χ3v) is 2.26. The number of allylic oxidation sites excluding steroid dienone is 2. The molecule has 2 rings (SSSR count). The summed E-state index contributed by atoms with van der Waals surface area (Å²) in [6, 6.07) is 12.2. The molecule has 0 N–H and O–H groups in total. The molecule has 1 aliphatic rings. The maximum absolute atomic E-state index is 7.51. The first-order valence-electron chi connectivity index (χ1n) is 5.04. The van der Waals surface area contributed by atoms with Gasteiger partial charge in [0.15, 0.2) is 0 Å². The highest BCUT2D eigenvalue weighted by atomic mass is 14.3. The second-order valence-corrected chi connectivity index (χ2v) is 3.57. The van der Waals surface area contributed by atoms with Gasteiger partial charge in [0.2, 0.25) is 0 Å². The molecule has 0 saturated heterocycles. The second-order valence-electron chi connectivity index (χ2n) is 3.57. The van der Waals surface area contributed by atoms with Crippen molar-refractivity contribution in [3.8, 4) is 6.07 Å². The van der Waals surface area contributed by atoms with Crippen LogP contribution in [0, 0.1) is 17.2 Å². The first-order valence-corrected chi connectivity index (χ1v) is 5.04. The normalized spacial score (nSPS) is 19.7. The predicted molar refractivity (Wildman–Crippen MR) is 64.0 cm³/mol. The molecule has 1 unspecified atom stereocenters. The van der Waals surface area contributed by atoms with E-state index in [4.69, 9.17) is 5.26 Å². The lowest BCUT2D eigenvalue weighted by molar-refractivity contribution is 1.02. The predicted octanol–water partition coefficient (Wildman–Crippen LogP) is 3.81. The van der Waals surface area contributed by atoms with Crippen LogP contribution in [0.15, 0.2) is 48.6 Å². The lowest BCUT2D eigenvalue weighted by Gasteiger charge is -1.88. The number of rotatable bonds is 1. The molecule has 0 amide bonds. The van der Waals surface area contributed by atoms with Gasteiger partial charge >= 0.3 is 0 Å². The quantitative estimate of drug-likeness (QED) is 0.628. The molecule has 1 aliphatic carbocycles. The van der Waals surface area contributed by atoms with Crippen LogP contribution in [-0.2, 0) is 0 Å². The Morgan fingerprint density at radius 2 is 1.93 bits per heavy atom. The smallest absolute Gasteiger partial charge is 0.0905 e. The maximum Gasteiger partial charge on any atom is 0.0905 e.